The van der Waals surface area contributed by atoms with Gasteiger partial charge in [0.2, 0.25) is 10.0 Å². The van der Waals surface area contributed by atoms with E-state index in [0.29, 0.717) is 38.4 Å². The number of rotatable bonds is 6. The van der Waals surface area contributed by atoms with Crippen molar-refractivity contribution in [1.82, 2.24) is 29.4 Å². The number of sulfonamides is 1. The zero-order valence-electron chi connectivity index (χ0n) is 16.2. The van der Waals surface area contributed by atoms with E-state index in [2.05, 4.69) is 15.5 Å². The second-order valence-corrected chi connectivity index (χ2v) is 8.93. The minimum Gasteiger partial charge on any atom is -0.293 e. The SMILES string of the molecule is CCCS(=O)(=O)N1CCN(Cc2nnnn2-c2ccc(C#N)c(C(F)(F)F)c2)CC1. The molecule has 162 valence electrons. The molecule has 1 fully saturated rings. The van der Waals surface area contributed by atoms with Gasteiger partial charge in [0.1, 0.15) is 0 Å². The van der Waals surface area contributed by atoms with Crippen molar-refractivity contribution in [3.8, 4) is 11.8 Å². The summed E-state index contributed by atoms with van der Waals surface area (Å²) in [6.45, 7) is 3.63. The molecular weight excluding hydrogens is 423 g/mol. The van der Waals surface area contributed by atoms with Gasteiger partial charge in [-0.3, -0.25) is 4.90 Å². The lowest BCUT2D eigenvalue weighted by molar-refractivity contribution is -0.137. The fourth-order valence-electron chi connectivity index (χ4n) is 3.25. The zero-order valence-corrected chi connectivity index (χ0v) is 17.0. The van der Waals surface area contributed by atoms with Crippen LogP contribution in [0.25, 0.3) is 5.69 Å². The molecule has 1 aliphatic heterocycles. The summed E-state index contributed by atoms with van der Waals surface area (Å²) in [5.41, 5.74) is -1.45. The molecule has 0 amide bonds. The van der Waals surface area contributed by atoms with Crippen molar-refractivity contribution in [3.63, 3.8) is 0 Å². The summed E-state index contributed by atoms with van der Waals surface area (Å²) in [5.74, 6) is 0.420. The maximum atomic E-state index is 13.2. The average molecular weight is 443 g/mol. The van der Waals surface area contributed by atoms with E-state index in [0.717, 1.165) is 12.1 Å². The first kappa shape index (κ1) is 22.1. The lowest BCUT2D eigenvalue weighted by Gasteiger charge is -2.33. The van der Waals surface area contributed by atoms with E-state index in [1.165, 1.54) is 21.1 Å². The third-order valence-electron chi connectivity index (χ3n) is 4.76. The van der Waals surface area contributed by atoms with Crippen LogP contribution in [0.2, 0.25) is 0 Å². The summed E-state index contributed by atoms with van der Waals surface area (Å²) >= 11 is 0. The Balaban J connectivity index is 1.76. The Morgan fingerprint density at radius 3 is 2.50 bits per heavy atom. The van der Waals surface area contributed by atoms with Crippen LogP contribution < -0.4 is 0 Å². The quantitative estimate of drug-likeness (QED) is 0.664. The number of aromatic nitrogens is 4. The van der Waals surface area contributed by atoms with Crippen LogP contribution in [0.5, 0.6) is 0 Å². The molecule has 2 heterocycles. The summed E-state index contributed by atoms with van der Waals surface area (Å²) in [7, 11) is -3.27. The minimum atomic E-state index is -4.68. The van der Waals surface area contributed by atoms with Gasteiger partial charge in [-0.05, 0) is 35.0 Å². The van der Waals surface area contributed by atoms with Gasteiger partial charge in [-0.1, -0.05) is 6.92 Å². The molecule has 30 heavy (non-hydrogen) atoms. The Labute approximate surface area is 171 Å². The Morgan fingerprint density at radius 2 is 1.90 bits per heavy atom. The number of tetrazole rings is 1. The van der Waals surface area contributed by atoms with Gasteiger partial charge in [-0.25, -0.2) is 8.42 Å². The van der Waals surface area contributed by atoms with Crippen LogP contribution in [-0.4, -0.2) is 69.8 Å². The molecule has 0 radical (unpaired) electrons. The van der Waals surface area contributed by atoms with Crippen LogP contribution >= 0.6 is 0 Å². The molecule has 13 heteroatoms. The minimum absolute atomic E-state index is 0.0884. The van der Waals surface area contributed by atoms with E-state index in [9.17, 15) is 21.6 Å². The summed E-state index contributed by atoms with van der Waals surface area (Å²) in [5, 5.41) is 20.2. The van der Waals surface area contributed by atoms with Crippen molar-refractivity contribution < 1.29 is 21.6 Å². The molecule has 3 rings (SSSR count). The number of hydrogen-bond acceptors (Lipinski definition) is 7. The van der Waals surface area contributed by atoms with Gasteiger partial charge >= 0.3 is 6.18 Å². The van der Waals surface area contributed by atoms with E-state index in [1.54, 1.807) is 6.92 Å². The zero-order chi connectivity index (χ0) is 21.9. The standard InChI is InChI=1S/C17H20F3N7O2S/c1-2-9-30(28,29)26-7-5-25(6-8-26)12-16-22-23-24-27(16)14-4-3-13(11-21)15(10-14)17(18,19)20/h3-4,10H,2,5-9,12H2,1H3. The normalized spacial score (nSPS) is 16.5. The molecule has 0 N–H and O–H groups in total. The monoisotopic (exact) mass is 443 g/mol. The Kier molecular flexibility index (Phi) is 6.39. The third kappa shape index (κ3) is 4.77. The molecule has 0 unspecified atom stereocenters. The van der Waals surface area contributed by atoms with Gasteiger partial charge in [-0.2, -0.15) is 27.4 Å². The van der Waals surface area contributed by atoms with Crippen molar-refractivity contribution >= 4 is 10.0 Å². The largest absolute Gasteiger partial charge is 0.417 e. The summed E-state index contributed by atoms with van der Waals surface area (Å²) < 4.78 is 66.7. The molecule has 2 aromatic rings. The highest BCUT2D eigenvalue weighted by atomic mass is 32.2. The summed E-state index contributed by atoms with van der Waals surface area (Å²) in [6, 6.07) is 4.81. The topological polar surface area (TPSA) is 108 Å². The van der Waals surface area contributed by atoms with Crippen molar-refractivity contribution in [2.45, 2.75) is 26.1 Å². The number of nitriles is 1. The smallest absolute Gasteiger partial charge is 0.293 e. The van der Waals surface area contributed by atoms with Crippen LogP contribution in [0.4, 0.5) is 13.2 Å². The molecule has 0 aliphatic carbocycles. The number of benzene rings is 1. The van der Waals surface area contributed by atoms with Gasteiger partial charge in [0, 0.05) is 26.2 Å². The number of alkyl halides is 3. The molecule has 1 aromatic heterocycles. The number of nitrogens with zero attached hydrogens (tertiary/aromatic N) is 7. The first-order chi connectivity index (χ1) is 14.2. The molecule has 1 saturated heterocycles. The molecule has 0 atom stereocenters. The van der Waals surface area contributed by atoms with Crippen molar-refractivity contribution in [1.29, 1.82) is 5.26 Å². The van der Waals surface area contributed by atoms with Gasteiger partial charge in [0.15, 0.2) is 5.82 Å². The van der Waals surface area contributed by atoms with Gasteiger partial charge in [0.05, 0.1) is 35.2 Å². The van der Waals surface area contributed by atoms with Crippen LogP contribution in [0, 0.1) is 11.3 Å². The van der Waals surface area contributed by atoms with Crippen molar-refractivity contribution in [2.24, 2.45) is 0 Å². The first-order valence-electron chi connectivity index (χ1n) is 9.25. The van der Waals surface area contributed by atoms with Gasteiger partial charge in [0.25, 0.3) is 0 Å². The van der Waals surface area contributed by atoms with Gasteiger partial charge in [-0.15, -0.1) is 5.10 Å². The van der Waals surface area contributed by atoms with Crippen molar-refractivity contribution in [3.05, 3.63) is 35.2 Å². The number of piperazine rings is 1. The van der Waals surface area contributed by atoms with Gasteiger partial charge < -0.3 is 0 Å². The third-order valence-corrected chi connectivity index (χ3v) is 6.84. The van der Waals surface area contributed by atoms with E-state index < -0.39 is 27.3 Å². The van der Waals surface area contributed by atoms with Crippen LogP contribution in [0.3, 0.4) is 0 Å². The molecule has 0 bridgehead atoms. The fraction of sp³-hybridized carbons (Fsp3) is 0.529. The van der Waals surface area contributed by atoms with E-state index in [1.807, 2.05) is 4.90 Å². The van der Waals surface area contributed by atoms with E-state index in [4.69, 9.17) is 5.26 Å². The lowest BCUT2D eigenvalue weighted by Crippen LogP contribution is -2.49. The second-order valence-electron chi connectivity index (χ2n) is 6.84. The van der Waals surface area contributed by atoms with Crippen LogP contribution in [-0.2, 0) is 22.7 Å². The highest BCUT2D eigenvalue weighted by Crippen LogP contribution is 2.33. The second kappa shape index (κ2) is 8.66. The predicted molar refractivity (Wildman–Crippen MR) is 99.8 cm³/mol. The molecular formula is C17H20F3N7O2S. The fourth-order valence-corrected chi connectivity index (χ4v) is 4.75. The molecule has 0 spiro atoms. The predicted octanol–water partition coefficient (Wildman–Crippen LogP) is 1.41. The summed E-state index contributed by atoms with van der Waals surface area (Å²) in [6.07, 6.45) is -4.14. The maximum Gasteiger partial charge on any atom is 0.417 e. The first-order valence-corrected chi connectivity index (χ1v) is 10.9. The lowest BCUT2D eigenvalue weighted by atomic mass is 10.1. The molecule has 0 saturated carbocycles. The number of hydrogen-bond donors (Lipinski definition) is 0. The summed E-state index contributed by atoms with van der Waals surface area (Å²) in [4.78, 5) is 1.94. The van der Waals surface area contributed by atoms with Crippen molar-refractivity contribution in [2.75, 3.05) is 31.9 Å². The van der Waals surface area contributed by atoms with Crippen LogP contribution in [0.1, 0.15) is 30.3 Å². The highest BCUT2D eigenvalue weighted by Gasteiger charge is 2.34. The Morgan fingerprint density at radius 1 is 1.20 bits per heavy atom. The van der Waals surface area contributed by atoms with Crippen LogP contribution in [0.15, 0.2) is 18.2 Å². The number of halogens is 3. The molecule has 1 aliphatic rings. The molecule has 1 aromatic carbocycles. The average Bonchev–Trinajstić information content (AvgIpc) is 3.15. The highest BCUT2D eigenvalue weighted by molar-refractivity contribution is 7.89. The van der Waals surface area contributed by atoms with E-state index >= 15 is 0 Å². The van der Waals surface area contributed by atoms with E-state index in [-0.39, 0.29) is 18.0 Å². The maximum absolute atomic E-state index is 13.2. The Hall–Kier alpha value is -2.56. The Bertz CT molecular complexity index is 1040. The molecule has 9 nitrogen and oxygen atoms in total.